The van der Waals surface area contributed by atoms with E-state index in [0.717, 1.165) is 30.1 Å². The van der Waals surface area contributed by atoms with Crippen molar-refractivity contribution >= 4 is 34.4 Å². The van der Waals surface area contributed by atoms with E-state index in [2.05, 4.69) is 19.7 Å². The van der Waals surface area contributed by atoms with Gasteiger partial charge in [-0.15, -0.1) is 11.6 Å². The second kappa shape index (κ2) is 4.94. The molecule has 1 fully saturated rings. The summed E-state index contributed by atoms with van der Waals surface area (Å²) in [5, 5.41) is 2.88. The fraction of sp³-hybridized carbons (Fsp3) is 0.500. The van der Waals surface area contributed by atoms with Gasteiger partial charge in [-0.3, -0.25) is 0 Å². The van der Waals surface area contributed by atoms with Crippen LogP contribution in [0, 0.1) is 0 Å². The zero-order chi connectivity index (χ0) is 12.5. The first-order chi connectivity index (χ1) is 8.79. The number of pyridine rings is 1. The summed E-state index contributed by atoms with van der Waals surface area (Å²) in [5.41, 5.74) is 1.65. The van der Waals surface area contributed by atoms with Gasteiger partial charge in [0.15, 0.2) is 5.65 Å². The van der Waals surface area contributed by atoms with Crippen LogP contribution in [0.4, 0.5) is 0 Å². The Morgan fingerprint density at radius 2 is 2.00 bits per heavy atom. The minimum absolute atomic E-state index is 0.379. The largest absolute Gasteiger partial charge is 0.310 e. The van der Waals surface area contributed by atoms with Gasteiger partial charge in [0.1, 0.15) is 11.3 Å². The summed E-state index contributed by atoms with van der Waals surface area (Å²) in [6, 6.07) is 1.83. The van der Waals surface area contributed by atoms with Crippen LogP contribution in [0.5, 0.6) is 0 Å². The van der Waals surface area contributed by atoms with Gasteiger partial charge in [-0.1, -0.05) is 11.6 Å². The second-order valence-electron chi connectivity index (χ2n) is 4.48. The summed E-state index contributed by atoms with van der Waals surface area (Å²) in [6.07, 6.45) is 5.35. The van der Waals surface area contributed by atoms with Gasteiger partial charge in [0.05, 0.1) is 10.9 Å². The first kappa shape index (κ1) is 12.1. The third-order valence-electron chi connectivity index (χ3n) is 3.24. The maximum Gasteiger partial charge on any atom is 0.179 e. The van der Waals surface area contributed by atoms with Gasteiger partial charge in [0, 0.05) is 19.3 Å². The van der Waals surface area contributed by atoms with Crippen LogP contribution in [0.25, 0.3) is 11.2 Å². The number of halogens is 2. The summed E-state index contributed by atoms with van der Waals surface area (Å²) < 4.78 is 2.05. The monoisotopic (exact) mass is 284 g/mol. The van der Waals surface area contributed by atoms with Crippen LogP contribution in [0.2, 0.25) is 5.02 Å². The predicted molar refractivity (Wildman–Crippen MR) is 73.9 cm³/mol. The van der Waals surface area contributed by atoms with Crippen molar-refractivity contribution in [2.24, 2.45) is 0 Å². The molecule has 6 heteroatoms. The third-order valence-corrected chi connectivity index (χ3v) is 3.69. The summed E-state index contributed by atoms with van der Waals surface area (Å²) in [7, 11) is 0. The molecule has 1 saturated heterocycles. The molecule has 0 aliphatic carbocycles. The average Bonchev–Trinajstić information content (AvgIpc) is 2.77. The van der Waals surface area contributed by atoms with Gasteiger partial charge in [-0.05, 0) is 25.3 Å². The summed E-state index contributed by atoms with van der Waals surface area (Å²) >= 11 is 11.9. The lowest BCUT2D eigenvalue weighted by molar-refractivity contribution is 0.477. The van der Waals surface area contributed by atoms with Crippen molar-refractivity contribution in [3.8, 4) is 0 Å². The molecule has 0 saturated carbocycles. The molecule has 2 aromatic rings. The number of nitrogens with zero attached hydrogens (tertiary/aromatic N) is 4. The smallest absolute Gasteiger partial charge is 0.179 e. The molecule has 0 aromatic carbocycles. The highest BCUT2D eigenvalue weighted by Crippen LogP contribution is 2.21. The van der Waals surface area contributed by atoms with E-state index >= 15 is 0 Å². The lowest BCUT2D eigenvalue weighted by Crippen LogP contribution is -2.40. The zero-order valence-electron chi connectivity index (χ0n) is 9.94. The lowest BCUT2D eigenvalue weighted by Gasteiger charge is -2.30. The van der Waals surface area contributed by atoms with Gasteiger partial charge in [-0.2, -0.15) is 0 Å². The van der Waals surface area contributed by atoms with Crippen molar-refractivity contribution < 1.29 is 0 Å². The highest BCUT2D eigenvalue weighted by Gasteiger charge is 2.18. The first-order valence-corrected chi connectivity index (χ1v) is 7.05. The van der Waals surface area contributed by atoms with Crippen LogP contribution in [-0.2, 0) is 5.88 Å². The van der Waals surface area contributed by atoms with Crippen molar-refractivity contribution in [2.45, 2.75) is 25.1 Å². The number of rotatable bonds is 2. The molecule has 2 aromatic heterocycles. The van der Waals surface area contributed by atoms with Crippen molar-refractivity contribution in [2.75, 3.05) is 18.1 Å². The van der Waals surface area contributed by atoms with Crippen molar-refractivity contribution in [3.63, 3.8) is 0 Å². The number of imidazole rings is 1. The maximum atomic E-state index is 5.99. The van der Waals surface area contributed by atoms with Gasteiger partial charge in [0.25, 0.3) is 0 Å². The third kappa shape index (κ3) is 2.04. The Bertz CT molecular complexity index is 560. The van der Waals surface area contributed by atoms with Crippen molar-refractivity contribution in [1.29, 1.82) is 0 Å². The fourth-order valence-electron chi connectivity index (χ4n) is 2.44. The van der Waals surface area contributed by atoms with Gasteiger partial charge < -0.3 is 5.01 Å². The van der Waals surface area contributed by atoms with Gasteiger partial charge >= 0.3 is 0 Å². The highest BCUT2D eigenvalue weighted by atomic mass is 35.5. The summed E-state index contributed by atoms with van der Waals surface area (Å²) in [4.78, 5) is 8.90. The van der Waals surface area contributed by atoms with Crippen molar-refractivity contribution in [3.05, 3.63) is 23.1 Å². The van der Waals surface area contributed by atoms with Gasteiger partial charge in [0.2, 0.25) is 0 Å². The van der Waals surface area contributed by atoms with E-state index in [1.165, 1.54) is 19.3 Å². The van der Waals surface area contributed by atoms with Crippen molar-refractivity contribution in [1.82, 2.24) is 14.6 Å². The van der Waals surface area contributed by atoms with E-state index in [9.17, 15) is 0 Å². The number of hydrogen-bond donors (Lipinski definition) is 0. The van der Waals surface area contributed by atoms with Crippen LogP contribution in [0.3, 0.4) is 0 Å². The molecule has 1 aliphatic heterocycles. The van der Waals surface area contributed by atoms with E-state index in [-0.39, 0.29) is 0 Å². The molecule has 3 heterocycles. The molecule has 0 unspecified atom stereocenters. The molecule has 4 nitrogen and oxygen atoms in total. The van der Waals surface area contributed by atoms with E-state index in [1.807, 2.05) is 6.07 Å². The van der Waals surface area contributed by atoms with Crippen LogP contribution in [0.1, 0.15) is 25.1 Å². The Morgan fingerprint density at radius 3 is 2.72 bits per heavy atom. The molecule has 3 rings (SSSR count). The average molecular weight is 285 g/mol. The minimum atomic E-state index is 0.379. The summed E-state index contributed by atoms with van der Waals surface area (Å²) in [6.45, 7) is 2.05. The van der Waals surface area contributed by atoms with Crippen LogP contribution in [0.15, 0.2) is 12.3 Å². The molecule has 96 valence electrons. The molecular weight excluding hydrogens is 271 g/mol. The Kier molecular flexibility index (Phi) is 3.31. The normalized spacial score (nSPS) is 16.4. The molecule has 0 amide bonds. The van der Waals surface area contributed by atoms with Gasteiger partial charge in [-0.25, -0.2) is 14.6 Å². The van der Waals surface area contributed by atoms with E-state index in [1.54, 1.807) is 6.20 Å². The second-order valence-corrected chi connectivity index (χ2v) is 5.19. The number of aromatic nitrogens is 3. The zero-order valence-corrected chi connectivity index (χ0v) is 11.5. The number of hydrogen-bond acceptors (Lipinski definition) is 3. The Hall–Kier alpha value is -1.00. The Morgan fingerprint density at radius 1 is 1.22 bits per heavy atom. The highest BCUT2D eigenvalue weighted by molar-refractivity contribution is 6.31. The molecule has 0 N–H and O–H groups in total. The quantitative estimate of drug-likeness (QED) is 0.795. The number of piperidine rings is 1. The van der Waals surface area contributed by atoms with Crippen LogP contribution < -0.4 is 5.01 Å². The first-order valence-electron chi connectivity index (χ1n) is 6.13. The number of fused-ring (bicyclic) bond motifs is 1. The molecule has 18 heavy (non-hydrogen) atoms. The molecular formula is C12H14Cl2N4. The van der Waals surface area contributed by atoms with Crippen LogP contribution >= 0.6 is 23.2 Å². The van der Waals surface area contributed by atoms with E-state index in [0.29, 0.717) is 10.9 Å². The molecule has 0 atom stereocenters. The lowest BCUT2D eigenvalue weighted by atomic mass is 10.2. The maximum absolute atomic E-state index is 5.99. The van der Waals surface area contributed by atoms with E-state index in [4.69, 9.17) is 23.2 Å². The molecule has 0 spiro atoms. The topological polar surface area (TPSA) is 34.0 Å². The van der Waals surface area contributed by atoms with E-state index < -0.39 is 0 Å². The Balaban J connectivity index is 2.12. The standard InChI is InChI=1S/C12H14Cl2N4/c13-7-11-16-10-6-9(14)8-15-12(10)18(11)17-4-2-1-3-5-17/h6,8H,1-5,7H2. The molecule has 0 bridgehead atoms. The molecule has 0 radical (unpaired) electrons. The van der Waals surface area contributed by atoms with Crippen LogP contribution in [-0.4, -0.2) is 27.7 Å². The Labute approximate surface area is 115 Å². The fourth-order valence-corrected chi connectivity index (χ4v) is 2.76. The summed E-state index contributed by atoms with van der Waals surface area (Å²) in [5.74, 6) is 1.22. The predicted octanol–water partition coefficient (Wildman–Crippen LogP) is 2.95. The molecule has 1 aliphatic rings. The number of alkyl halides is 1. The minimum Gasteiger partial charge on any atom is -0.310 e. The SMILES string of the molecule is ClCc1nc2cc(Cl)cnc2n1N1CCCCC1.